The second-order valence-electron chi connectivity index (χ2n) is 7.73. The number of hydrogen-bond acceptors (Lipinski definition) is 6. The van der Waals surface area contributed by atoms with Crippen LogP contribution in [0.2, 0.25) is 0 Å². The monoisotopic (exact) mass is 608 g/mol. The van der Waals surface area contributed by atoms with Crippen molar-refractivity contribution in [1.82, 2.24) is 9.66 Å². The summed E-state index contributed by atoms with van der Waals surface area (Å²) in [5.41, 5.74) is 2.44. The standard InChI is InChI=1S/C27H22Br2N4O3/c1-3-25-32-23-10-9-20(28)13-21(23)27(34)33(25)31-15-17-11-22(29)26(24(12-17)35-4-2)36-16-19-8-6-5-7-18(19)14-30/h5-13,15H,3-4,16H2,1-2H3. The van der Waals surface area contributed by atoms with E-state index < -0.39 is 0 Å². The molecule has 182 valence electrons. The summed E-state index contributed by atoms with van der Waals surface area (Å²) < 4.78 is 14.7. The Morgan fingerprint density at radius 2 is 1.92 bits per heavy atom. The van der Waals surface area contributed by atoms with E-state index in [1.165, 1.54) is 4.68 Å². The summed E-state index contributed by atoms with van der Waals surface area (Å²) in [6.07, 6.45) is 2.14. The van der Waals surface area contributed by atoms with E-state index in [2.05, 4.69) is 48.0 Å². The van der Waals surface area contributed by atoms with Crippen LogP contribution in [0.5, 0.6) is 11.5 Å². The van der Waals surface area contributed by atoms with Crippen LogP contribution in [0.3, 0.4) is 0 Å². The molecular weight excluding hydrogens is 588 g/mol. The third-order valence-corrected chi connectivity index (χ3v) is 6.44. The molecule has 7 nitrogen and oxygen atoms in total. The first kappa shape index (κ1) is 25.6. The molecule has 0 aliphatic carbocycles. The normalized spacial score (nSPS) is 11.1. The molecule has 4 rings (SSSR count). The molecule has 9 heteroatoms. The van der Waals surface area contributed by atoms with Crippen molar-refractivity contribution in [3.63, 3.8) is 0 Å². The molecule has 3 aromatic carbocycles. The zero-order valence-corrected chi connectivity index (χ0v) is 22.8. The van der Waals surface area contributed by atoms with Gasteiger partial charge >= 0.3 is 0 Å². The molecule has 0 atom stereocenters. The van der Waals surface area contributed by atoms with E-state index in [0.717, 1.165) is 10.0 Å². The van der Waals surface area contributed by atoms with Gasteiger partial charge in [0.25, 0.3) is 5.56 Å². The number of nitrogens with zero attached hydrogens (tertiary/aromatic N) is 4. The Hall–Kier alpha value is -3.48. The van der Waals surface area contributed by atoms with Gasteiger partial charge in [-0.15, -0.1) is 0 Å². The summed E-state index contributed by atoms with van der Waals surface area (Å²) in [5, 5.41) is 14.3. The zero-order valence-electron chi connectivity index (χ0n) is 19.7. The molecule has 0 saturated carbocycles. The van der Waals surface area contributed by atoms with Crippen molar-refractivity contribution >= 4 is 49.0 Å². The highest BCUT2D eigenvalue weighted by Crippen LogP contribution is 2.37. The van der Waals surface area contributed by atoms with Crippen molar-refractivity contribution in [2.24, 2.45) is 5.10 Å². The number of nitriles is 1. The second kappa shape index (κ2) is 11.5. The number of aryl methyl sites for hydroxylation is 1. The Morgan fingerprint density at radius 1 is 1.11 bits per heavy atom. The van der Waals surface area contributed by atoms with Gasteiger partial charge in [-0.05, 0) is 64.8 Å². The maximum Gasteiger partial charge on any atom is 0.282 e. The second-order valence-corrected chi connectivity index (χ2v) is 9.50. The van der Waals surface area contributed by atoms with Crippen LogP contribution in [0.1, 0.15) is 36.4 Å². The minimum absolute atomic E-state index is 0.212. The molecule has 0 aliphatic heterocycles. The smallest absolute Gasteiger partial charge is 0.282 e. The molecule has 0 N–H and O–H groups in total. The van der Waals surface area contributed by atoms with Gasteiger partial charge in [0, 0.05) is 16.5 Å². The fourth-order valence-electron chi connectivity index (χ4n) is 3.64. The lowest BCUT2D eigenvalue weighted by molar-refractivity contribution is 0.267. The lowest BCUT2D eigenvalue weighted by Gasteiger charge is -2.15. The molecule has 0 spiro atoms. The fraction of sp³-hybridized carbons (Fsp3) is 0.185. The highest BCUT2D eigenvalue weighted by Gasteiger charge is 2.14. The van der Waals surface area contributed by atoms with E-state index in [9.17, 15) is 10.1 Å². The molecule has 0 unspecified atom stereocenters. The Labute approximate surface area is 225 Å². The maximum absolute atomic E-state index is 13.2. The molecule has 36 heavy (non-hydrogen) atoms. The van der Waals surface area contributed by atoms with Gasteiger partial charge < -0.3 is 9.47 Å². The summed E-state index contributed by atoms with van der Waals surface area (Å²) >= 11 is 6.98. The van der Waals surface area contributed by atoms with E-state index in [1.807, 2.05) is 50.2 Å². The number of halogens is 2. The zero-order chi connectivity index (χ0) is 25.7. The summed E-state index contributed by atoms with van der Waals surface area (Å²) in [6.45, 7) is 4.46. The predicted octanol–water partition coefficient (Wildman–Crippen LogP) is 6.22. The minimum atomic E-state index is -0.241. The van der Waals surface area contributed by atoms with Crippen LogP contribution in [0, 0.1) is 11.3 Å². The van der Waals surface area contributed by atoms with E-state index in [1.54, 1.807) is 24.4 Å². The van der Waals surface area contributed by atoms with Gasteiger partial charge in [0.2, 0.25) is 0 Å². The Morgan fingerprint density at radius 3 is 2.67 bits per heavy atom. The average Bonchev–Trinajstić information content (AvgIpc) is 2.88. The minimum Gasteiger partial charge on any atom is -0.490 e. The van der Waals surface area contributed by atoms with Crippen LogP contribution in [-0.4, -0.2) is 22.5 Å². The Balaban J connectivity index is 1.69. The first-order chi connectivity index (χ1) is 17.4. The van der Waals surface area contributed by atoms with Gasteiger partial charge in [-0.1, -0.05) is 41.1 Å². The van der Waals surface area contributed by atoms with Crippen molar-refractivity contribution in [2.45, 2.75) is 26.9 Å². The number of benzene rings is 3. The van der Waals surface area contributed by atoms with Crippen LogP contribution in [-0.2, 0) is 13.0 Å². The highest BCUT2D eigenvalue weighted by atomic mass is 79.9. The maximum atomic E-state index is 13.2. The third kappa shape index (κ3) is 5.50. The van der Waals surface area contributed by atoms with Crippen LogP contribution in [0.25, 0.3) is 10.9 Å². The molecule has 1 heterocycles. The van der Waals surface area contributed by atoms with E-state index in [4.69, 9.17) is 9.47 Å². The quantitative estimate of drug-likeness (QED) is 0.221. The van der Waals surface area contributed by atoms with Gasteiger partial charge in [0.05, 0.1) is 39.8 Å². The Bertz CT molecular complexity index is 1560. The molecule has 1 aromatic heterocycles. The van der Waals surface area contributed by atoms with Crippen molar-refractivity contribution in [2.75, 3.05) is 6.61 Å². The van der Waals surface area contributed by atoms with Crippen molar-refractivity contribution in [1.29, 1.82) is 5.26 Å². The summed E-state index contributed by atoms with van der Waals surface area (Å²) in [7, 11) is 0. The van der Waals surface area contributed by atoms with Crippen LogP contribution in [0.4, 0.5) is 0 Å². The lowest BCUT2D eigenvalue weighted by atomic mass is 10.1. The molecule has 0 bridgehead atoms. The largest absolute Gasteiger partial charge is 0.490 e. The summed E-state index contributed by atoms with van der Waals surface area (Å²) in [5.74, 6) is 1.60. The number of fused-ring (bicyclic) bond motifs is 1. The first-order valence-electron chi connectivity index (χ1n) is 11.3. The van der Waals surface area contributed by atoms with Gasteiger partial charge in [-0.25, -0.2) is 4.98 Å². The van der Waals surface area contributed by atoms with Crippen molar-refractivity contribution in [3.05, 3.63) is 96.4 Å². The van der Waals surface area contributed by atoms with Gasteiger partial charge in [-0.2, -0.15) is 15.0 Å². The van der Waals surface area contributed by atoms with Gasteiger partial charge in [-0.3, -0.25) is 4.79 Å². The van der Waals surface area contributed by atoms with E-state index >= 15 is 0 Å². The topological polar surface area (TPSA) is 89.5 Å². The van der Waals surface area contributed by atoms with Crippen LogP contribution in [0.15, 0.2) is 73.4 Å². The summed E-state index contributed by atoms with van der Waals surface area (Å²) in [6, 6.07) is 18.5. The van der Waals surface area contributed by atoms with Crippen molar-refractivity contribution < 1.29 is 9.47 Å². The third-order valence-electron chi connectivity index (χ3n) is 5.36. The molecule has 0 aliphatic rings. The number of aromatic nitrogens is 2. The molecule has 0 radical (unpaired) electrons. The van der Waals surface area contributed by atoms with Crippen LogP contribution >= 0.6 is 31.9 Å². The Kier molecular flexibility index (Phi) is 8.18. The molecule has 4 aromatic rings. The molecule has 0 saturated heterocycles. The highest BCUT2D eigenvalue weighted by molar-refractivity contribution is 9.10. The number of rotatable bonds is 8. The van der Waals surface area contributed by atoms with Gasteiger partial charge in [0.1, 0.15) is 12.4 Å². The van der Waals surface area contributed by atoms with E-state index in [-0.39, 0.29) is 12.2 Å². The SMILES string of the molecule is CCOc1cc(C=Nn2c(CC)nc3ccc(Br)cc3c2=O)cc(Br)c1OCc1ccccc1C#N. The molecular formula is C27H22Br2N4O3. The predicted molar refractivity (Wildman–Crippen MR) is 147 cm³/mol. The van der Waals surface area contributed by atoms with E-state index in [0.29, 0.717) is 56.9 Å². The van der Waals surface area contributed by atoms with Crippen LogP contribution < -0.4 is 15.0 Å². The number of hydrogen-bond donors (Lipinski definition) is 0. The average molecular weight is 610 g/mol. The summed E-state index contributed by atoms with van der Waals surface area (Å²) in [4.78, 5) is 17.8. The van der Waals surface area contributed by atoms with Gasteiger partial charge in [0.15, 0.2) is 11.5 Å². The molecule has 0 fully saturated rings. The van der Waals surface area contributed by atoms with Crippen molar-refractivity contribution in [3.8, 4) is 17.6 Å². The lowest BCUT2D eigenvalue weighted by Crippen LogP contribution is -2.22. The fourth-order valence-corrected chi connectivity index (χ4v) is 4.57. The number of ether oxygens (including phenoxy) is 2. The first-order valence-corrected chi connectivity index (χ1v) is 12.9. The molecule has 0 amide bonds.